The molecule has 108 valence electrons. The summed E-state index contributed by atoms with van der Waals surface area (Å²) in [5, 5.41) is 0. The molecule has 1 N–H and O–H groups in total. The van der Waals surface area contributed by atoms with Crippen molar-refractivity contribution in [3.63, 3.8) is 0 Å². The second-order valence-electron chi connectivity index (χ2n) is 5.66. The van der Waals surface area contributed by atoms with Gasteiger partial charge in [-0.25, -0.2) is 4.79 Å². The largest absolute Gasteiger partial charge is 0.342 e. The Hall–Kier alpha value is -2.05. The molecule has 3 rings (SSSR count). The van der Waals surface area contributed by atoms with Crippen LogP contribution in [0.1, 0.15) is 19.8 Å². The standard InChI is InChI=1S/C13H19N5O2/c1-8-5-4-6-18(7-8)12-14-9-10(15-12)16(2)13(20)17(3)11(9)19/h8H,4-7H2,1-3H3,(H,14,15)/t8-/m1/s1. The molecule has 0 saturated carbocycles. The van der Waals surface area contributed by atoms with Gasteiger partial charge in [0.2, 0.25) is 5.95 Å². The van der Waals surface area contributed by atoms with E-state index in [1.54, 1.807) is 7.05 Å². The molecular formula is C13H19N5O2. The molecule has 0 bridgehead atoms. The van der Waals surface area contributed by atoms with Gasteiger partial charge in [0.05, 0.1) is 0 Å². The first-order chi connectivity index (χ1) is 9.49. The van der Waals surface area contributed by atoms with Gasteiger partial charge in [-0.1, -0.05) is 6.92 Å². The van der Waals surface area contributed by atoms with Crippen LogP contribution in [0.5, 0.6) is 0 Å². The Balaban J connectivity index is 2.16. The van der Waals surface area contributed by atoms with Crippen LogP contribution >= 0.6 is 0 Å². The number of hydrogen-bond acceptors (Lipinski definition) is 4. The number of nitrogens with zero attached hydrogens (tertiary/aromatic N) is 4. The predicted molar refractivity (Wildman–Crippen MR) is 77.2 cm³/mol. The Labute approximate surface area is 115 Å². The van der Waals surface area contributed by atoms with Gasteiger partial charge in [0.15, 0.2) is 11.2 Å². The van der Waals surface area contributed by atoms with Crippen LogP contribution in [0.25, 0.3) is 11.2 Å². The third-order valence-electron chi connectivity index (χ3n) is 4.04. The average Bonchev–Trinajstić information content (AvgIpc) is 2.88. The van der Waals surface area contributed by atoms with Gasteiger partial charge >= 0.3 is 5.69 Å². The summed E-state index contributed by atoms with van der Waals surface area (Å²) in [5.41, 5.74) is 0.133. The van der Waals surface area contributed by atoms with E-state index < -0.39 is 0 Å². The minimum absolute atomic E-state index is 0.327. The molecule has 0 unspecified atom stereocenters. The molecule has 1 aliphatic heterocycles. The van der Waals surface area contributed by atoms with Crippen LogP contribution in [-0.4, -0.2) is 32.2 Å². The van der Waals surface area contributed by atoms with Crippen molar-refractivity contribution in [2.24, 2.45) is 20.0 Å². The number of imidazole rings is 1. The monoisotopic (exact) mass is 277 g/mol. The topological polar surface area (TPSA) is 75.9 Å². The van der Waals surface area contributed by atoms with Gasteiger partial charge in [0.25, 0.3) is 5.56 Å². The summed E-state index contributed by atoms with van der Waals surface area (Å²) < 4.78 is 2.51. The maximum absolute atomic E-state index is 12.1. The van der Waals surface area contributed by atoms with Gasteiger partial charge in [-0.3, -0.25) is 13.9 Å². The van der Waals surface area contributed by atoms with Gasteiger partial charge < -0.3 is 9.88 Å². The molecule has 7 nitrogen and oxygen atoms in total. The highest BCUT2D eigenvalue weighted by Gasteiger charge is 2.21. The van der Waals surface area contributed by atoms with Crippen molar-refractivity contribution in [2.75, 3.05) is 18.0 Å². The zero-order valence-electron chi connectivity index (χ0n) is 12.0. The van der Waals surface area contributed by atoms with E-state index in [-0.39, 0.29) is 11.2 Å². The first-order valence-corrected chi connectivity index (χ1v) is 6.89. The third-order valence-corrected chi connectivity index (χ3v) is 4.04. The molecule has 1 fully saturated rings. The zero-order chi connectivity index (χ0) is 14.4. The lowest BCUT2D eigenvalue weighted by Gasteiger charge is -2.30. The van der Waals surface area contributed by atoms with E-state index >= 15 is 0 Å². The minimum Gasteiger partial charge on any atom is -0.342 e. The van der Waals surface area contributed by atoms with Crippen molar-refractivity contribution in [1.29, 1.82) is 0 Å². The van der Waals surface area contributed by atoms with Crippen LogP contribution in [0.15, 0.2) is 9.59 Å². The summed E-state index contributed by atoms with van der Waals surface area (Å²) in [6.45, 7) is 4.07. The van der Waals surface area contributed by atoms with Gasteiger partial charge in [0.1, 0.15) is 0 Å². The fraction of sp³-hybridized carbons (Fsp3) is 0.615. The number of piperidine rings is 1. The van der Waals surface area contributed by atoms with Crippen LogP contribution in [-0.2, 0) is 14.1 Å². The van der Waals surface area contributed by atoms with Crippen LogP contribution in [0.2, 0.25) is 0 Å². The molecule has 0 aromatic carbocycles. The maximum Gasteiger partial charge on any atom is 0.332 e. The fourth-order valence-corrected chi connectivity index (χ4v) is 2.85. The Morgan fingerprint density at radius 2 is 2.00 bits per heavy atom. The van der Waals surface area contributed by atoms with Crippen LogP contribution in [0.3, 0.4) is 0 Å². The second-order valence-corrected chi connectivity index (χ2v) is 5.66. The van der Waals surface area contributed by atoms with E-state index in [0.717, 1.165) is 24.1 Å². The number of aromatic nitrogens is 4. The third kappa shape index (κ3) is 1.85. The van der Waals surface area contributed by atoms with Gasteiger partial charge in [0, 0.05) is 27.2 Å². The normalized spacial score (nSPS) is 19.8. The number of rotatable bonds is 1. The number of aromatic amines is 1. The molecule has 1 aliphatic rings. The molecule has 1 saturated heterocycles. The summed E-state index contributed by atoms with van der Waals surface area (Å²) in [7, 11) is 3.11. The van der Waals surface area contributed by atoms with Crippen molar-refractivity contribution >= 4 is 17.1 Å². The molecule has 0 spiro atoms. The van der Waals surface area contributed by atoms with E-state index in [1.807, 2.05) is 0 Å². The molecule has 0 aliphatic carbocycles. The van der Waals surface area contributed by atoms with Crippen LogP contribution < -0.4 is 16.1 Å². The number of aryl methyl sites for hydroxylation is 1. The first-order valence-electron chi connectivity index (χ1n) is 6.89. The van der Waals surface area contributed by atoms with Crippen molar-refractivity contribution in [3.05, 3.63) is 20.8 Å². The smallest absolute Gasteiger partial charge is 0.332 e. The molecule has 2 aromatic rings. The first kappa shape index (κ1) is 13.0. The molecular weight excluding hydrogens is 258 g/mol. The number of nitrogens with one attached hydrogen (secondary N) is 1. The van der Waals surface area contributed by atoms with Crippen LogP contribution in [0, 0.1) is 5.92 Å². The van der Waals surface area contributed by atoms with Gasteiger partial charge in [-0.2, -0.15) is 4.98 Å². The lowest BCUT2D eigenvalue weighted by molar-refractivity contribution is 0.443. The number of hydrogen-bond donors (Lipinski definition) is 1. The highest BCUT2D eigenvalue weighted by Crippen LogP contribution is 2.21. The Morgan fingerprint density at radius 1 is 1.25 bits per heavy atom. The summed E-state index contributed by atoms with van der Waals surface area (Å²) >= 11 is 0. The molecule has 3 heterocycles. The Bertz CT molecular complexity index is 769. The molecule has 7 heteroatoms. The van der Waals surface area contributed by atoms with Crippen molar-refractivity contribution in [2.45, 2.75) is 19.8 Å². The van der Waals surface area contributed by atoms with Crippen LogP contribution in [0.4, 0.5) is 5.95 Å². The van der Waals surface area contributed by atoms with E-state index in [9.17, 15) is 9.59 Å². The van der Waals surface area contributed by atoms with Gasteiger partial charge in [-0.15, -0.1) is 0 Å². The summed E-state index contributed by atoms with van der Waals surface area (Å²) in [6.07, 6.45) is 2.34. The van der Waals surface area contributed by atoms with E-state index in [1.165, 1.54) is 18.0 Å². The van der Waals surface area contributed by atoms with E-state index in [2.05, 4.69) is 21.8 Å². The van der Waals surface area contributed by atoms with Crippen molar-refractivity contribution < 1.29 is 0 Å². The summed E-state index contributed by atoms with van der Waals surface area (Å²) in [5.74, 6) is 1.30. The molecule has 20 heavy (non-hydrogen) atoms. The molecule has 2 aromatic heterocycles. The Morgan fingerprint density at radius 3 is 2.70 bits per heavy atom. The van der Waals surface area contributed by atoms with Gasteiger partial charge in [-0.05, 0) is 18.8 Å². The van der Waals surface area contributed by atoms with Crippen molar-refractivity contribution in [3.8, 4) is 0 Å². The number of H-pyrrole nitrogens is 1. The van der Waals surface area contributed by atoms with E-state index in [0.29, 0.717) is 23.0 Å². The number of fused-ring (bicyclic) bond motifs is 1. The zero-order valence-corrected chi connectivity index (χ0v) is 12.0. The average molecular weight is 277 g/mol. The summed E-state index contributed by atoms with van der Waals surface area (Å²) in [6, 6.07) is 0. The minimum atomic E-state index is -0.354. The molecule has 0 radical (unpaired) electrons. The SMILES string of the molecule is C[C@@H]1CCCN(c2nc3c([nH]2)c(=O)n(C)c(=O)n3C)C1. The molecule has 1 atom stereocenters. The lowest BCUT2D eigenvalue weighted by atomic mass is 10.0. The van der Waals surface area contributed by atoms with E-state index in [4.69, 9.17) is 0 Å². The quantitative estimate of drug-likeness (QED) is 0.807. The fourth-order valence-electron chi connectivity index (χ4n) is 2.85. The highest BCUT2D eigenvalue weighted by atomic mass is 16.2. The van der Waals surface area contributed by atoms with Crippen molar-refractivity contribution in [1.82, 2.24) is 19.1 Å². The maximum atomic E-state index is 12.1. The second kappa shape index (κ2) is 4.50. The summed E-state index contributed by atoms with van der Waals surface area (Å²) in [4.78, 5) is 33.7. The highest BCUT2D eigenvalue weighted by molar-refractivity contribution is 5.72. The predicted octanol–water partition coefficient (Wildman–Crippen LogP) is 0.197. The Kier molecular flexibility index (Phi) is 2.92. The number of anilines is 1. The lowest BCUT2D eigenvalue weighted by Crippen LogP contribution is -2.36. The molecule has 0 amide bonds.